The molecule has 2 aromatic carbocycles. The van der Waals surface area contributed by atoms with Crippen LogP contribution in [0.3, 0.4) is 0 Å². The summed E-state index contributed by atoms with van der Waals surface area (Å²) in [6.07, 6.45) is 0. The highest BCUT2D eigenvalue weighted by atomic mass is 35.5. The molecule has 6 heteroatoms. The van der Waals surface area contributed by atoms with E-state index in [0.717, 1.165) is 22.3 Å². The molecular formula is C23H29ClN2O3. The van der Waals surface area contributed by atoms with Crippen LogP contribution in [-0.4, -0.2) is 35.9 Å². The van der Waals surface area contributed by atoms with Gasteiger partial charge in [-0.1, -0.05) is 35.9 Å². The van der Waals surface area contributed by atoms with Gasteiger partial charge < -0.3 is 15.0 Å². The lowest BCUT2D eigenvalue weighted by molar-refractivity contribution is -0.142. The fourth-order valence-electron chi connectivity index (χ4n) is 3.09. The highest BCUT2D eigenvalue weighted by Gasteiger charge is 2.27. The van der Waals surface area contributed by atoms with Gasteiger partial charge >= 0.3 is 0 Å². The molecule has 0 aliphatic carbocycles. The average molecular weight is 417 g/mol. The van der Waals surface area contributed by atoms with Gasteiger partial charge in [-0.2, -0.15) is 0 Å². The summed E-state index contributed by atoms with van der Waals surface area (Å²) in [5.74, 6) is 0.192. The number of benzene rings is 2. The topological polar surface area (TPSA) is 58.6 Å². The van der Waals surface area contributed by atoms with E-state index in [0.29, 0.717) is 17.3 Å². The highest BCUT2D eigenvalue weighted by molar-refractivity contribution is 6.31. The van der Waals surface area contributed by atoms with Crippen molar-refractivity contribution in [3.8, 4) is 5.75 Å². The number of carbonyl (C=O) groups is 2. The number of aryl methyl sites for hydroxylation is 2. The molecule has 0 aliphatic rings. The van der Waals surface area contributed by atoms with Crippen molar-refractivity contribution >= 4 is 23.4 Å². The van der Waals surface area contributed by atoms with E-state index in [-0.39, 0.29) is 25.0 Å². The summed E-state index contributed by atoms with van der Waals surface area (Å²) >= 11 is 6.28. The van der Waals surface area contributed by atoms with Crippen molar-refractivity contribution in [2.24, 2.45) is 0 Å². The first-order chi connectivity index (χ1) is 13.7. The molecule has 0 radical (unpaired) electrons. The standard InChI is InChI=1S/C23H29ClN2O3/c1-6-25-23(28)18(5)26(13-19-9-7-8-10-20(19)24)22(27)14-29-21-12-15(2)11-16(3)17(21)4/h7-12,18H,6,13-14H2,1-5H3,(H,25,28). The number of halogens is 1. The van der Waals surface area contributed by atoms with E-state index < -0.39 is 6.04 Å². The Bertz CT molecular complexity index is 882. The van der Waals surface area contributed by atoms with Crippen molar-refractivity contribution < 1.29 is 14.3 Å². The number of likely N-dealkylation sites (N-methyl/N-ethyl adjacent to an activating group) is 1. The summed E-state index contributed by atoms with van der Waals surface area (Å²) in [5.41, 5.74) is 3.95. The molecule has 0 bridgehead atoms. The normalized spacial score (nSPS) is 11.7. The van der Waals surface area contributed by atoms with Gasteiger partial charge in [0.2, 0.25) is 5.91 Å². The molecule has 0 saturated heterocycles. The second kappa shape index (κ2) is 10.3. The summed E-state index contributed by atoms with van der Waals surface area (Å²) in [6.45, 7) is 10.1. The summed E-state index contributed by atoms with van der Waals surface area (Å²) in [7, 11) is 0. The minimum Gasteiger partial charge on any atom is -0.483 e. The molecule has 2 rings (SSSR count). The molecule has 5 nitrogen and oxygen atoms in total. The fraction of sp³-hybridized carbons (Fsp3) is 0.391. The number of rotatable bonds is 8. The summed E-state index contributed by atoms with van der Waals surface area (Å²) in [4.78, 5) is 26.9. The third kappa shape index (κ3) is 5.97. The SMILES string of the molecule is CCNC(=O)C(C)N(Cc1ccccc1Cl)C(=O)COc1cc(C)cc(C)c1C. The zero-order valence-corrected chi connectivity index (χ0v) is 18.5. The van der Waals surface area contributed by atoms with Crippen molar-refractivity contribution in [2.75, 3.05) is 13.2 Å². The van der Waals surface area contributed by atoms with Gasteiger partial charge in [0.15, 0.2) is 6.61 Å². The third-order valence-corrected chi connectivity index (χ3v) is 5.30. The summed E-state index contributed by atoms with van der Waals surface area (Å²) in [6, 6.07) is 10.6. The van der Waals surface area contributed by atoms with Crippen LogP contribution in [-0.2, 0) is 16.1 Å². The maximum atomic E-state index is 13.0. The summed E-state index contributed by atoms with van der Waals surface area (Å²) in [5, 5.41) is 3.33. The molecule has 0 spiro atoms. The third-order valence-electron chi connectivity index (χ3n) is 4.93. The van der Waals surface area contributed by atoms with Crippen molar-refractivity contribution in [3.63, 3.8) is 0 Å². The smallest absolute Gasteiger partial charge is 0.261 e. The Kier molecular flexibility index (Phi) is 8.09. The average Bonchev–Trinajstić information content (AvgIpc) is 2.68. The lowest BCUT2D eigenvalue weighted by Crippen LogP contribution is -2.49. The van der Waals surface area contributed by atoms with Gasteiger partial charge in [0.25, 0.3) is 5.91 Å². The number of amides is 2. The van der Waals surface area contributed by atoms with E-state index in [9.17, 15) is 9.59 Å². The highest BCUT2D eigenvalue weighted by Crippen LogP contribution is 2.24. The first-order valence-electron chi connectivity index (χ1n) is 9.75. The van der Waals surface area contributed by atoms with Crippen molar-refractivity contribution in [1.29, 1.82) is 0 Å². The Hall–Kier alpha value is -2.53. The quantitative estimate of drug-likeness (QED) is 0.701. The van der Waals surface area contributed by atoms with Crippen LogP contribution in [0, 0.1) is 20.8 Å². The van der Waals surface area contributed by atoms with Crippen molar-refractivity contribution in [2.45, 2.75) is 47.2 Å². The fourth-order valence-corrected chi connectivity index (χ4v) is 3.28. The molecule has 0 aliphatic heterocycles. The number of hydrogen-bond donors (Lipinski definition) is 1. The Morgan fingerprint density at radius 2 is 1.86 bits per heavy atom. The van der Waals surface area contributed by atoms with Crippen LogP contribution < -0.4 is 10.1 Å². The molecule has 0 saturated carbocycles. The zero-order valence-electron chi connectivity index (χ0n) is 17.7. The minimum absolute atomic E-state index is 0.155. The van der Waals surface area contributed by atoms with Gasteiger partial charge in [0, 0.05) is 18.1 Å². The van der Waals surface area contributed by atoms with E-state index in [4.69, 9.17) is 16.3 Å². The van der Waals surface area contributed by atoms with Crippen molar-refractivity contribution in [1.82, 2.24) is 10.2 Å². The van der Waals surface area contributed by atoms with E-state index >= 15 is 0 Å². The first-order valence-corrected chi connectivity index (χ1v) is 10.1. The lowest BCUT2D eigenvalue weighted by atomic mass is 10.1. The first kappa shape index (κ1) is 22.8. The van der Waals surface area contributed by atoms with Gasteiger partial charge in [-0.05, 0) is 69.0 Å². The molecule has 29 heavy (non-hydrogen) atoms. The van der Waals surface area contributed by atoms with Crippen LogP contribution >= 0.6 is 11.6 Å². The van der Waals surface area contributed by atoms with E-state index in [1.54, 1.807) is 13.0 Å². The molecule has 156 valence electrons. The monoisotopic (exact) mass is 416 g/mol. The number of carbonyl (C=O) groups excluding carboxylic acids is 2. The predicted octanol–water partition coefficient (Wildman–Crippen LogP) is 4.20. The maximum absolute atomic E-state index is 13.0. The van der Waals surface area contributed by atoms with Gasteiger partial charge in [-0.15, -0.1) is 0 Å². The van der Waals surface area contributed by atoms with Gasteiger partial charge in [-0.25, -0.2) is 0 Å². The van der Waals surface area contributed by atoms with Crippen LogP contribution in [0.5, 0.6) is 5.75 Å². The molecule has 0 heterocycles. The van der Waals surface area contributed by atoms with Gasteiger partial charge in [0.05, 0.1) is 0 Å². The Balaban J connectivity index is 2.22. The van der Waals surface area contributed by atoms with Crippen LogP contribution in [0.4, 0.5) is 0 Å². The van der Waals surface area contributed by atoms with Gasteiger partial charge in [-0.3, -0.25) is 9.59 Å². The predicted molar refractivity (Wildman–Crippen MR) is 116 cm³/mol. The molecular weight excluding hydrogens is 388 g/mol. The molecule has 1 atom stereocenters. The molecule has 1 N–H and O–H groups in total. The van der Waals surface area contributed by atoms with E-state index in [1.165, 1.54) is 4.90 Å². The van der Waals surface area contributed by atoms with E-state index in [1.807, 2.05) is 52.0 Å². The second-order valence-electron chi connectivity index (χ2n) is 7.18. The van der Waals surface area contributed by atoms with Crippen LogP contribution in [0.15, 0.2) is 36.4 Å². The second-order valence-corrected chi connectivity index (χ2v) is 7.58. The maximum Gasteiger partial charge on any atom is 0.261 e. The number of ether oxygens (including phenoxy) is 1. The summed E-state index contributed by atoms with van der Waals surface area (Å²) < 4.78 is 5.84. The number of nitrogens with zero attached hydrogens (tertiary/aromatic N) is 1. The van der Waals surface area contributed by atoms with E-state index in [2.05, 4.69) is 11.4 Å². The lowest BCUT2D eigenvalue weighted by Gasteiger charge is -2.29. The molecule has 2 aromatic rings. The minimum atomic E-state index is -0.650. The zero-order chi connectivity index (χ0) is 21.6. The molecule has 2 amide bonds. The number of nitrogens with one attached hydrogen (secondary N) is 1. The Morgan fingerprint density at radius 1 is 1.17 bits per heavy atom. The number of hydrogen-bond acceptors (Lipinski definition) is 3. The Morgan fingerprint density at radius 3 is 2.52 bits per heavy atom. The molecule has 1 unspecified atom stereocenters. The largest absolute Gasteiger partial charge is 0.483 e. The van der Waals surface area contributed by atoms with Crippen LogP contribution in [0.25, 0.3) is 0 Å². The van der Waals surface area contributed by atoms with Crippen LogP contribution in [0.1, 0.15) is 36.1 Å². The molecule has 0 fully saturated rings. The van der Waals surface area contributed by atoms with Crippen molar-refractivity contribution in [3.05, 3.63) is 63.7 Å². The van der Waals surface area contributed by atoms with Gasteiger partial charge in [0.1, 0.15) is 11.8 Å². The Labute approximate surface area is 178 Å². The molecule has 0 aromatic heterocycles. The van der Waals surface area contributed by atoms with Crippen LogP contribution in [0.2, 0.25) is 5.02 Å².